The van der Waals surface area contributed by atoms with Crippen molar-refractivity contribution in [1.29, 1.82) is 0 Å². The van der Waals surface area contributed by atoms with Gasteiger partial charge in [-0.2, -0.15) is 0 Å². The average Bonchev–Trinajstić information content (AvgIpc) is 2.61. The molecule has 0 radical (unpaired) electrons. The SMILES string of the molecule is Cc1ccc([C@@H](C)[NH+]2CCN(c3ccc(C=O)c(C)c3)CC2)c(C)c1. The molecular formula is C22H29N2O+. The second kappa shape index (κ2) is 7.40. The van der Waals surface area contributed by atoms with Crippen molar-refractivity contribution in [3.8, 4) is 0 Å². The third-order valence-corrected chi connectivity index (χ3v) is 5.66. The monoisotopic (exact) mass is 337 g/mol. The fraction of sp³-hybridized carbons (Fsp3) is 0.409. The molecule has 0 aromatic heterocycles. The molecule has 1 heterocycles. The van der Waals surface area contributed by atoms with Crippen molar-refractivity contribution < 1.29 is 9.69 Å². The summed E-state index contributed by atoms with van der Waals surface area (Å²) in [5.74, 6) is 0. The van der Waals surface area contributed by atoms with E-state index in [0.717, 1.165) is 43.6 Å². The lowest BCUT2D eigenvalue weighted by atomic mass is 9.98. The summed E-state index contributed by atoms with van der Waals surface area (Å²) in [6, 6.07) is 13.5. The summed E-state index contributed by atoms with van der Waals surface area (Å²) in [5, 5.41) is 0. The molecule has 0 spiro atoms. The topological polar surface area (TPSA) is 24.8 Å². The van der Waals surface area contributed by atoms with Gasteiger partial charge in [0.2, 0.25) is 0 Å². The van der Waals surface area contributed by atoms with Crippen LogP contribution in [0.2, 0.25) is 0 Å². The predicted octanol–water partition coefficient (Wildman–Crippen LogP) is 2.89. The highest BCUT2D eigenvalue weighted by Gasteiger charge is 2.26. The molecule has 132 valence electrons. The average molecular weight is 337 g/mol. The molecule has 0 unspecified atom stereocenters. The normalized spacial score (nSPS) is 16.7. The van der Waals surface area contributed by atoms with Gasteiger partial charge in [0.05, 0.1) is 26.2 Å². The zero-order valence-corrected chi connectivity index (χ0v) is 15.8. The van der Waals surface area contributed by atoms with E-state index >= 15 is 0 Å². The number of piperazine rings is 1. The van der Waals surface area contributed by atoms with Gasteiger partial charge >= 0.3 is 0 Å². The number of carbonyl (C=O) groups excluding carboxylic acids is 1. The first-order valence-electron chi connectivity index (χ1n) is 9.22. The molecule has 1 saturated heterocycles. The smallest absolute Gasteiger partial charge is 0.150 e. The molecule has 0 bridgehead atoms. The fourth-order valence-corrected chi connectivity index (χ4v) is 4.01. The Morgan fingerprint density at radius 2 is 1.72 bits per heavy atom. The highest BCUT2D eigenvalue weighted by atomic mass is 16.1. The Bertz CT molecular complexity index is 761. The quantitative estimate of drug-likeness (QED) is 0.868. The molecule has 3 rings (SSSR count). The summed E-state index contributed by atoms with van der Waals surface area (Å²) in [5.41, 5.74) is 7.30. The first kappa shape index (κ1) is 17.7. The van der Waals surface area contributed by atoms with Crippen LogP contribution >= 0.6 is 0 Å². The van der Waals surface area contributed by atoms with Crippen molar-refractivity contribution in [3.63, 3.8) is 0 Å². The standard InChI is InChI=1S/C22H28N2O/c1-16-5-8-22(18(3)13-16)19(4)23-9-11-24(12-10-23)21-7-6-20(15-25)17(2)14-21/h5-8,13-15,19H,9-12H2,1-4H3/p+1/t19-/m1/s1. The zero-order chi connectivity index (χ0) is 18.0. The van der Waals surface area contributed by atoms with E-state index in [1.54, 1.807) is 4.90 Å². The number of quaternary nitrogens is 1. The van der Waals surface area contributed by atoms with Gasteiger partial charge in [0, 0.05) is 16.8 Å². The van der Waals surface area contributed by atoms with E-state index in [1.807, 2.05) is 13.0 Å². The third kappa shape index (κ3) is 3.77. The van der Waals surface area contributed by atoms with Gasteiger partial charge in [0.1, 0.15) is 12.3 Å². The highest BCUT2D eigenvalue weighted by Crippen LogP contribution is 2.20. The predicted molar refractivity (Wildman–Crippen MR) is 104 cm³/mol. The van der Waals surface area contributed by atoms with Gasteiger partial charge in [0.15, 0.2) is 0 Å². The Morgan fingerprint density at radius 3 is 2.32 bits per heavy atom. The number of carbonyl (C=O) groups is 1. The molecule has 1 fully saturated rings. The van der Waals surface area contributed by atoms with E-state index in [2.05, 4.69) is 56.0 Å². The Morgan fingerprint density at radius 1 is 1.00 bits per heavy atom. The number of nitrogens with one attached hydrogen (secondary N) is 1. The Kier molecular flexibility index (Phi) is 5.24. The lowest BCUT2D eigenvalue weighted by Gasteiger charge is -2.37. The van der Waals surface area contributed by atoms with Crippen LogP contribution < -0.4 is 9.80 Å². The number of anilines is 1. The Balaban J connectivity index is 1.67. The molecule has 0 amide bonds. The summed E-state index contributed by atoms with van der Waals surface area (Å²) >= 11 is 0. The van der Waals surface area contributed by atoms with Gasteiger partial charge in [-0.1, -0.05) is 23.8 Å². The number of hydrogen-bond donors (Lipinski definition) is 1. The van der Waals surface area contributed by atoms with Gasteiger partial charge in [-0.15, -0.1) is 0 Å². The molecule has 3 nitrogen and oxygen atoms in total. The molecule has 1 atom stereocenters. The van der Waals surface area contributed by atoms with Crippen molar-refractivity contribution in [3.05, 3.63) is 64.2 Å². The summed E-state index contributed by atoms with van der Waals surface area (Å²) in [6.45, 7) is 13.2. The molecule has 1 N–H and O–H groups in total. The van der Waals surface area contributed by atoms with Crippen molar-refractivity contribution in [2.75, 3.05) is 31.1 Å². The van der Waals surface area contributed by atoms with E-state index in [0.29, 0.717) is 6.04 Å². The van der Waals surface area contributed by atoms with Crippen molar-refractivity contribution in [1.82, 2.24) is 0 Å². The molecule has 25 heavy (non-hydrogen) atoms. The third-order valence-electron chi connectivity index (χ3n) is 5.66. The molecular weight excluding hydrogens is 308 g/mol. The van der Waals surface area contributed by atoms with E-state index < -0.39 is 0 Å². The number of hydrogen-bond acceptors (Lipinski definition) is 2. The van der Waals surface area contributed by atoms with Crippen LogP contribution in [0, 0.1) is 20.8 Å². The minimum absolute atomic E-state index is 0.530. The molecule has 0 aliphatic carbocycles. The van der Waals surface area contributed by atoms with Crippen LogP contribution in [0.4, 0.5) is 5.69 Å². The van der Waals surface area contributed by atoms with Gasteiger partial charge in [-0.25, -0.2) is 0 Å². The summed E-state index contributed by atoms with van der Waals surface area (Å²) in [7, 11) is 0. The first-order chi connectivity index (χ1) is 12.0. The molecule has 2 aromatic rings. The summed E-state index contributed by atoms with van der Waals surface area (Å²) in [6.07, 6.45) is 0.937. The van der Waals surface area contributed by atoms with Crippen LogP contribution in [0.3, 0.4) is 0 Å². The number of aldehydes is 1. The highest BCUT2D eigenvalue weighted by molar-refractivity contribution is 5.78. The second-order valence-corrected chi connectivity index (χ2v) is 7.39. The number of nitrogens with zero attached hydrogens (tertiary/aromatic N) is 1. The van der Waals surface area contributed by atoms with Crippen LogP contribution in [-0.2, 0) is 0 Å². The zero-order valence-electron chi connectivity index (χ0n) is 15.8. The van der Waals surface area contributed by atoms with Gasteiger partial charge in [0.25, 0.3) is 0 Å². The van der Waals surface area contributed by atoms with Crippen molar-refractivity contribution in [2.45, 2.75) is 33.7 Å². The minimum Gasteiger partial charge on any atom is -0.360 e. The number of rotatable bonds is 4. The molecule has 0 saturated carbocycles. The maximum Gasteiger partial charge on any atom is 0.150 e. The lowest BCUT2D eigenvalue weighted by Crippen LogP contribution is -3.14. The van der Waals surface area contributed by atoms with E-state index in [-0.39, 0.29) is 0 Å². The first-order valence-corrected chi connectivity index (χ1v) is 9.22. The molecule has 1 aliphatic heterocycles. The second-order valence-electron chi connectivity index (χ2n) is 7.39. The van der Waals surface area contributed by atoms with Gasteiger partial charge in [-0.3, -0.25) is 4.79 Å². The van der Waals surface area contributed by atoms with Crippen molar-refractivity contribution in [2.24, 2.45) is 0 Å². The minimum atomic E-state index is 0.530. The summed E-state index contributed by atoms with van der Waals surface area (Å²) < 4.78 is 0. The maximum atomic E-state index is 11.0. The van der Waals surface area contributed by atoms with E-state index in [9.17, 15) is 4.79 Å². The Labute approximate surface area is 151 Å². The van der Waals surface area contributed by atoms with Crippen LogP contribution in [0.25, 0.3) is 0 Å². The van der Waals surface area contributed by atoms with Crippen LogP contribution in [0.15, 0.2) is 36.4 Å². The van der Waals surface area contributed by atoms with Crippen LogP contribution in [-0.4, -0.2) is 32.5 Å². The van der Waals surface area contributed by atoms with Crippen LogP contribution in [0.5, 0.6) is 0 Å². The number of aryl methyl sites for hydroxylation is 3. The molecule has 3 heteroatoms. The maximum absolute atomic E-state index is 11.0. The summed E-state index contributed by atoms with van der Waals surface area (Å²) in [4.78, 5) is 15.1. The van der Waals surface area contributed by atoms with E-state index in [1.165, 1.54) is 22.4 Å². The Hall–Kier alpha value is -2.13. The van der Waals surface area contributed by atoms with Crippen LogP contribution in [0.1, 0.15) is 45.6 Å². The van der Waals surface area contributed by atoms with Gasteiger partial charge < -0.3 is 9.80 Å². The largest absolute Gasteiger partial charge is 0.360 e. The van der Waals surface area contributed by atoms with Gasteiger partial charge in [-0.05, 0) is 57.0 Å². The molecule has 1 aliphatic rings. The van der Waals surface area contributed by atoms with E-state index in [4.69, 9.17) is 0 Å². The number of benzene rings is 2. The lowest BCUT2D eigenvalue weighted by molar-refractivity contribution is -0.930. The van der Waals surface area contributed by atoms with Crippen molar-refractivity contribution >= 4 is 12.0 Å². The fourth-order valence-electron chi connectivity index (χ4n) is 4.01. The molecule has 2 aromatic carbocycles.